The molecule has 1 rings (SSSR count). The highest BCUT2D eigenvalue weighted by Crippen LogP contribution is 2.24. The van der Waals surface area contributed by atoms with Crippen molar-refractivity contribution in [3.8, 4) is 0 Å². The lowest BCUT2D eigenvalue weighted by atomic mass is 9.86. The molecule has 0 aliphatic heterocycles. The lowest BCUT2D eigenvalue weighted by molar-refractivity contribution is -0.142. The number of carbonyl (C=O) groups excluding carboxylic acids is 2. The molecule has 22 heavy (non-hydrogen) atoms. The number of carboxylic acid groups (broad SMARTS) is 1. The molecular formula is C15H27N3O4. The van der Waals surface area contributed by atoms with Crippen molar-refractivity contribution in [1.29, 1.82) is 0 Å². The number of hydrogen-bond donors (Lipinski definition) is 4. The fourth-order valence-corrected chi connectivity index (χ4v) is 2.49. The Kier molecular flexibility index (Phi) is 6.64. The smallest absolute Gasteiger partial charge is 0.315 e. The second kappa shape index (κ2) is 8.00. The van der Waals surface area contributed by atoms with Crippen molar-refractivity contribution in [2.75, 3.05) is 6.54 Å². The molecule has 0 aromatic rings. The van der Waals surface area contributed by atoms with Gasteiger partial charge in [-0.25, -0.2) is 4.79 Å². The predicted molar refractivity (Wildman–Crippen MR) is 82.4 cm³/mol. The molecule has 7 heteroatoms. The Bertz CT molecular complexity index is 410. The van der Waals surface area contributed by atoms with Crippen LogP contribution >= 0.6 is 0 Å². The third-order valence-electron chi connectivity index (χ3n) is 3.56. The lowest BCUT2D eigenvalue weighted by Crippen LogP contribution is -2.46. The molecule has 0 saturated heterocycles. The van der Waals surface area contributed by atoms with Gasteiger partial charge in [-0.2, -0.15) is 0 Å². The Labute approximate surface area is 131 Å². The number of hydrogen-bond acceptors (Lipinski definition) is 3. The highest BCUT2D eigenvalue weighted by Gasteiger charge is 2.26. The summed E-state index contributed by atoms with van der Waals surface area (Å²) in [5, 5.41) is 17.2. The fraction of sp³-hybridized carbons (Fsp3) is 0.800. The quantitative estimate of drug-likeness (QED) is 0.612. The van der Waals surface area contributed by atoms with Gasteiger partial charge in [0.15, 0.2) is 0 Å². The Balaban J connectivity index is 2.17. The van der Waals surface area contributed by atoms with Gasteiger partial charge in [-0.05, 0) is 46.5 Å². The molecule has 0 bridgehead atoms. The molecule has 7 nitrogen and oxygen atoms in total. The standard InChI is InChI=1S/C15H27N3O4/c1-15(2,3)18-12(19)8-9-16-14(22)17-11-6-4-10(5-7-11)13(20)21/h10-11H,4-9H2,1-3H3,(H,18,19)(H,20,21)(H2,16,17,22). The average Bonchev–Trinajstić information content (AvgIpc) is 2.37. The van der Waals surface area contributed by atoms with Gasteiger partial charge in [0.25, 0.3) is 0 Å². The summed E-state index contributed by atoms with van der Waals surface area (Å²) in [5.41, 5.74) is -0.276. The number of rotatable bonds is 5. The van der Waals surface area contributed by atoms with E-state index < -0.39 is 5.97 Å². The van der Waals surface area contributed by atoms with Gasteiger partial charge in [0, 0.05) is 24.5 Å². The van der Waals surface area contributed by atoms with E-state index in [4.69, 9.17) is 5.11 Å². The summed E-state index contributed by atoms with van der Waals surface area (Å²) in [5.74, 6) is -1.15. The minimum atomic E-state index is -0.757. The zero-order chi connectivity index (χ0) is 16.8. The van der Waals surface area contributed by atoms with Gasteiger partial charge in [-0.3, -0.25) is 9.59 Å². The third-order valence-corrected chi connectivity index (χ3v) is 3.56. The Morgan fingerprint density at radius 3 is 2.18 bits per heavy atom. The van der Waals surface area contributed by atoms with E-state index in [1.165, 1.54) is 0 Å². The summed E-state index contributed by atoms with van der Waals surface area (Å²) >= 11 is 0. The van der Waals surface area contributed by atoms with Gasteiger partial charge in [-0.15, -0.1) is 0 Å². The molecule has 0 radical (unpaired) electrons. The van der Waals surface area contributed by atoms with Crippen LogP contribution < -0.4 is 16.0 Å². The van der Waals surface area contributed by atoms with Gasteiger partial charge in [-0.1, -0.05) is 0 Å². The number of carboxylic acids is 1. The van der Waals surface area contributed by atoms with Gasteiger partial charge in [0.1, 0.15) is 0 Å². The number of aliphatic carboxylic acids is 1. The molecule has 1 aliphatic rings. The number of urea groups is 1. The summed E-state index contributed by atoms with van der Waals surface area (Å²) in [4.78, 5) is 34.2. The predicted octanol–water partition coefficient (Wildman–Crippen LogP) is 1.23. The van der Waals surface area contributed by atoms with Crippen LogP contribution in [0.2, 0.25) is 0 Å². The molecule has 0 unspecified atom stereocenters. The van der Waals surface area contributed by atoms with Gasteiger partial charge in [0.2, 0.25) is 5.91 Å². The summed E-state index contributed by atoms with van der Waals surface area (Å²) in [6.07, 6.45) is 2.77. The number of amides is 3. The highest BCUT2D eigenvalue weighted by molar-refractivity contribution is 5.78. The molecule has 0 atom stereocenters. The fourth-order valence-electron chi connectivity index (χ4n) is 2.49. The van der Waals surface area contributed by atoms with Crippen LogP contribution in [0.15, 0.2) is 0 Å². The van der Waals surface area contributed by atoms with E-state index >= 15 is 0 Å². The van der Waals surface area contributed by atoms with Crippen LogP contribution in [-0.2, 0) is 9.59 Å². The molecule has 0 heterocycles. The van der Waals surface area contributed by atoms with Crippen molar-refractivity contribution in [3.05, 3.63) is 0 Å². The molecule has 1 aliphatic carbocycles. The molecule has 126 valence electrons. The molecule has 4 N–H and O–H groups in total. The minimum absolute atomic E-state index is 0.0130. The maximum Gasteiger partial charge on any atom is 0.315 e. The molecule has 3 amide bonds. The minimum Gasteiger partial charge on any atom is -0.481 e. The van der Waals surface area contributed by atoms with E-state index in [0.29, 0.717) is 25.7 Å². The summed E-state index contributed by atoms with van der Waals surface area (Å²) in [6, 6.07) is -0.290. The molecule has 0 aromatic carbocycles. The maximum atomic E-state index is 11.7. The first kappa shape index (κ1) is 18.3. The summed E-state index contributed by atoms with van der Waals surface area (Å²) < 4.78 is 0. The van der Waals surface area contributed by atoms with Gasteiger partial charge in [0.05, 0.1) is 5.92 Å². The van der Waals surface area contributed by atoms with Gasteiger partial charge < -0.3 is 21.1 Å². The second-order valence-corrected chi connectivity index (χ2v) is 6.84. The Morgan fingerprint density at radius 2 is 1.68 bits per heavy atom. The average molecular weight is 313 g/mol. The molecule has 0 spiro atoms. The zero-order valence-corrected chi connectivity index (χ0v) is 13.6. The van der Waals surface area contributed by atoms with E-state index in [1.807, 2.05) is 20.8 Å². The van der Waals surface area contributed by atoms with Crippen molar-refractivity contribution in [1.82, 2.24) is 16.0 Å². The van der Waals surface area contributed by atoms with E-state index in [1.54, 1.807) is 0 Å². The molecule has 0 aromatic heterocycles. The van der Waals surface area contributed by atoms with Crippen molar-refractivity contribution in [2.45, 2.75) is 64.5 Å². The van der Waals surface area contributed by atoms with Crippen LogP contribution in [0.4, 0.5) is 4.79 Å². The summed E-state index contributed by atoms with van der Waals surface area (Å²) in [7, 11) is 0. The zero-order valence-electron chi connectivity index (χ0n) is 13.6. The first-order chi connectivity index (χ1) is 10.2. The molecule has 1 saturated carbocycles. The Hall–Kier alpha value is -1.79. The molecular weight excluding hydrogens is 286 g/mol. The largest absolute Gasteiger partial charge is 0.481 e. The van der Waals surface area contributed by atoms with Crippen molar-refractivity contribution >= 4 is 17.9 Å². The number of carbonyl (C=O) groups is 3. The van der Waals surface area contributed by atoms with Crippen molar-refractivity contribution in [2.24, 2.45) is 5.92 Å². The van der Waals surface area contributed by atoms with Crippen LogP contribution in [0.5, 0.6) is 0 Å². The molecule has 1 fully saturated rings. The SMILES string of the molecule is CC(C)(C)NC(=O)CCNC(=O)NC1CCC(C(=O)O)CC1. The van der Waals surface area contributed by atoms with Crippen LogP contribution in [0.25, 0.3) is 0 Å². The monoisotopic (exact) mass is 313 g/mol. The first-order valence-corrected chi connectivity index (χ1v) is 7.75. The third kappa shape index (κ3) is 7.28. The normalized spacial score (nSPS) is 21.8. The summed E-state index contributed by atoms with van der Waals surface area (Å²) in [6.45, 7) is 5.98. The van der Waals surface area contributed by atoms with Crippen molar-refractivity contribution in [3.63, 3.8) is 0 Å². The lowest BCUT2D eigenvalue weighted by Gasteiger charge is -2.26. The second-order valence-electron chi connectivity index (χ2n) is 6.84. The first-order valence-electron chi connectivity index (χ1n) is 7.75. The van der Waals surface area contributed by atoms with E-state index in [-0.39, 0.29) is 42.4 Å². The Morgan fingerprint density at radius 1 is 1.09 bits per heavy atom. The van der Waals surface area contributed by atoms with Gasteiger partial charge >= 0.3 is 12.0 Å². The van der Waals surface area contributed by atoms with Crippen molar-refractivity contribution < 1.29 is 19.5 Å². The van der Waals surface area contributed by atoms with Crippen LogP contribution in [-0.4, -0.2) is 41.1 Å². The van der Waals surface area contributed by atoms with E-state index in [2.05, 4.69) is 16.0 Å². The topological polar surface area (TPSA) is 108 Å². The van der Waals surface area contributed by atoms with Crippen LogP contribution in [0, 0.1) is 5.92 Å². The number of nitrogens with one attached hydrogen (secondary N) is 3. The van der Waals surface area contributed by atoms with Crippen LogP contribution in [0.3, 0.4) is 0 Å². The van der Waals surface area contributed by atoms with Crippen LogP contribution in [0.1, 0.15) is 52.9 Å². The highest BCUT2D eigenvalue weighted by atomic mass is 16.4. The van der Waals surface area contributed by atoms with E-state index in [9.17, 15) is 14.4 Å². The maximum absolute atomic E-state index is 11.7. The van der Waals surface area contributed by atoms with E-state index in [0.717, 1.165) is 0 Å².